The van der Waals surface area contributed by atoms with Crippen molar-refractivity contribution in [3.8, 4) is 0 Å². The number of aromatic nitrogens is 5. The van der Waals surface area contributed by atoms with Crippen LogP contribution in [0.5, 0.6) is 0 Å². The summed E-state index contributed by atoms with van der Waals surface area (Å²) in [5, 5.41) is 0. The van der Waals surface area contributed by atoms with Gasteiger partial charge in [0.15, 0.2) is 0 Å². The second kappa shape index (κ2) is 7.76. The van der Waals surface area contributed by atoms with Crippen molar-refractivity contribution in [2.24, 2.45) is 5.92 Å². The van der Waals surface area contributed by atoms with Gasteiger partial charge in [0, 0.05) is 60.0 Å². The first-order chi connectivity index (χ1) is 17.0. The predicted molar refractivity (Wildman–Crippen MR) is 135 cm³/mol. The maximum atomic E-state index is 6.44. The van der Waals surface area contributed by atoms with Crippen molar-refractivity contribution in [2.75, 3.05) is 13.2 Å². The molecule has 0 radical (unpaired) electrons. The predicted octanol–water partition coefficient (Wildman–Crippen LogP) is 5.43. The standard InChI is InChI=1S/C29H37N5O/c1-19-5-4-10-30-25(19)21(3)13-23-15-29(23)18-35-17-22(27-31-11-12-33(27)29)14-24-16-32-26-20(2)6-7-28(8-9-28)34(24)26/h4-5,10-12,16,20-23H,6-9,13-15,17-18H2,1-3H3/t20-,21+,22-,23?,29?/m0/s1. The summed E-state index contributed by atoms with van der Waals surface area (Å²) in [6.07, 6.45) is 16.8. The monoisotopic (exact) mass is 471 g/mol. The van der Waals surface area contributed by atoms with Gasteiger partial charge in [-0.1, -0.05) is 19.9 Å². The van der Waals surface area contributed by atoms with Gasteiger partial charge in [0.1, 0.15) is 11.6 Å². The fraction of sp³-hybridized carbons (Fsp3) is 0.621. The lowest BCUT2D eigenvalue weighted by Gasteiger charge is -2.31. The average Bonchev–Trinajstić information content (AvgIpc) is 3.64. The lowest BCUT2D eigenvalue weighted by molar-refractivity contribution is 0.0916. The summed E-state index contributed by atoms with van der Waals surface area (Å²) in [5.74, 6) is 4.39. The highest BCUT2D eigenvalue weighted by molar-refractivity contribution is 5.26. The van der Waals surface area contributed by atoms with E-state index in [1.165, 1.54) is 60.7 Å². The molecule has 3 aromatic heterocycles. The van der Waals surface area contributed by atoms with E-state index in [-0.39, 0.29) is 11.5 Å². The molecule has 0 amide bonds. The van der Waals surface area contributed by atoms with Crippen molar-refractivity contribution in [2.45, 2.75) is 94.5 Å². The number of rotatable bonds is 5. The Balaban J connectivity index is 1.14. The number of nitrogens with zero attached hydrogens (tertiary/aromatic N) is 5. The molecule has 0 saturated heterocycles. The Bertz CT molecular complexity index is 1260. The van der Waals surface area contributed by atoms with E-state index in [0.717, 1.165) is 26.1 Å². The van der Waals surface area contributed by atoms with E-state index in [2.05, 4.69) is 48.4 Å². The highest BCUT2D eigenvalue weighted by atomic mass is 16.5. The maximum absolute atomic E-state index is 6.44. The molecule has 4 aliphatic rings. The van der Waals surface area contributed by atoms with Gasteiger partial charge in [0.2, 0.25) is 0 Å². The van der Waals surface area contributed by atoms with E-state index in [1.54, 1.807) is 0 Å². The van der Waals surface area contributed by atoms with Gasteiger partial charge in [0.25, 0.3) is 0 Å². The van der Waals surface area contributed by atoms with E-state index in [0.29, 0.717) is 23.3 Å². The van der Waals surface area contributed by atoms with Gasteiger partial charge < -0.3 is 13.9 Å². The molecule has 6 nitrogen and oxygen atoms in total. The minimum atomic E-state index is 0.0562. The first-order valence-electron chi connectivity index (χ1n) is 13.6. The largest absolute Gasteiger partial charge is 0.378 e. The SMILES string of the molecule is Cc1cccnc1[C@H](C)CC1CC12COC[C@H](Cc1cnc3n1C1(CC[C@@H]3C)CC1)c1nccn12. The summed E-state index contributed by atoms with van der Waals surface area (Å²) in [6.45, 7) is 8.37. The molecule has 184 valence electrons. The van der Waals surface area contributed by atoms with Gasteiger partial charge in [-0.3, -0.25) is 4.98 Å². The number of pyridine rings is 1. The van der Waals surface area contributed by atoms with Gasteiger partial charge in [-0.05, 0) is 68.9 Å². The van der Waals surface area contributed by atoms with E-state index in [1.807, 2.05) is 18.5 Å². The van der Waals surface area contributed by atoms with Crippen molar-refractivity contribution in [3.63, 3.8) is 0 Å². The second-order valence-corrected chi connectivity index (χ2v) is 12.0. The fourth-order valence-corrected chi connectivity index (χ4v) is 7.40. The minimum Gasteiger partial charge on any atom is -0.378 e. The van der Waals surface area contributed by atoms with Gasteiger partial charge in [-0.2, -0.15) is 0 Å². The van der Waals surface area contributed by atoms with E-state index >= 15 is 0 Å². The smallest absolute Gasteiger partial charge is 0.115 e. The third kappa shape index (κ3) is 3.35. The Labute approximate surface area is 208 Å². The summed E-state index contributed by atoms with van der Waals surface area (Å²) in [6, 6.07) is 4.21. The Kier molecular flexibility index (Phi) is 4.83. The molecule has 35 heavy (non-hydrogen) atoms. The lowest BCUT2D eigenvalue weighted by atomic mass is 9.93. The van der Waals surface area contributed by atoms with Crippen LogP contribution in [0.4, 0.5) is 0 Å². The van der Waals surface area contributed by atoms with E-state index in [4.69, 9.17) is 19.7 Å². The maximum Gasteiger partial charge on any atom is 0.115 e. The summed E-state index contributed by atoms with van der Waals surface area (Å²) >= 11 is 0. The zero-order valence-corrected chi connectivity index (χ0v) is 21.3. The van der Waals surface area contributed by atoms with Crippen LogP contribution in [0.1, 0.15) is 98.7 Å². The number of fused-ring (bicyclic) bond motifs is 4. The molecule has 0 bridgehead atoms. The summed E-state index contributed by atoms with van der Waals surface area (Å²) < 4.78 is 11.6. The Hall–Kier alpha value is -2.47. The fourth-order valence-electron chi connectivity index (χ4n) is 7.40. The molecule has 2 aliphatic heterocycles. The number of aryl methyl sites for hydroxylation is 1. The molecule has 2 fully saturated rings. The van der Waals surface area contributed by atoms with Crippen LogP contribution < -0.4 is 0 Å². The van der Waals surface area contributed by atoms with Crippen LogP contribution in [-0.2, 0) is 22.2 Å². The molecule has 0 N–H and O–H groups in total. The number of hydrogen-bond acceptors (Lipinski definition) is 4. The lowest BCUT2D eigenvalue weighted by Crippen LogP contribution is -2.29. The molecule has 6 heteroatoms. The molecule has 3 aromatic rings. The van der Waals surface area contributed by atoms with Crippen molar-refractivity contribution in [3.05, 3.63) is 65.5 Å². The van der Waals surface area contributed by atoms with Gasteiger partial charge in [-0.25, -0.2) is 9.97 Å². The topological polar surface area (TPSA) is 57.8 Å². The van der Waals surface area contributed by atoms with Crippen LogP contribution in [0.2, 0.25) is 0 Å². The van der Waals surface area contributed by atoms with Gasteiger partial charge in [-0.15, -0.1) is 0 Å². The minimum absolute atomic E-state index is 0.0562. The molecule has 5 atom stereocenters. The van der Waals surface area contributed by atoms with E-state index < -0.39 is 0 Å². The van der Waals surface area contributed by atoms with Crippen molar-refractivity contribution in [1.82, 2.24) is 24.1 Å². The van der Waals surface area contributed by atoms with Crippen LogP contribution in [0.25, 0.3) is 0 Å². The number of ether oxygens (including phenoxy) is 1. The molecule has 0 aromatic carbocycles. The van der Waals surface area contributed by atoms with Gasteiger partial charge in [0.05, 0.1) is 18.8 Å². The average molecular weight is 472 g/mol. The van der Waals surface area contributed by atoms with Crippen LogP contribution >= 0.6 is 0 Å². The molecule has 2 spiro atoms. The Morgan fingerprint density at radius 3 is 2.86 bits per heavy atom. The zero-order valence-electron chi connectivity index (χ0n) is 21.3. The van der Waals surface area contributed by atoms with Crippen LogP contribution in [0.3, 0.4) is 0 Å². The molecule has 2 unspecified atom stereocenters. The molecule has 5 heterocycles. The van der Waals surface area contributed by atoms with Crippen LogP contribution in [0, 0.1) is 12.8 Å². The molecular formula is C29H37N5O. The first-order valence-corrected chi connectivity index (χ1v) is 13.6. The quantitative estimate of drug-likeness (QED) is 0.498. The highest BCUT2D eigenvalue weighted by Crippen LogP contribution is 2.57. The third-order valence-corrected chi connectivity index (χ3v) is 9.64. The molecule has 2 saturated carbocycles. The third-order valence-electron chi connectivity index (χ3n) is 9.64. The summed E-state index contributed by atoms with van der Waals surface area (Å²) in [5.41, 5.74) is 4.33. The normalized spacial score (nSPS) is 31.1. The molecule has 2 aliphatic carbocycles. The van der Waals surface area contributed by atoms with Crippen molar-refractivity contribution in [1.29, 1.82) is 0 Å². The highest BCUT2D eigenvalue weighted by Gasteiger charge is 2.58. The second-order valence-electron chi connectivity index (χ2n) is 12.0. The summed E-state index contributed by atoms with van der Waals surface area (Å²) in [7, 11) is 0. The summed E-state index contributed by atoms with van der Waals surface area (Å²) in [4.78, 5) is 14.5. The molecular weight excluding hydrogens is 434 g/mol. The number of hydrogen-bond donors (Lipinski definition) is 0. The van der Waals surface area contributed by atoms with Gasteiger partial charge >= 0.3 is 0 Å². The Morgan fingerprint density at radius 1 is 1.14 bits per heavy atom. The van der Waals surface area contributed by atoms with E-state index in [9.17, 15) is 0 Å². The van der Waals surface area contributed by atoms with Crippen molar-refractivity contribution >= 4 is 0 Å². The first kappa shape index (κ1) is 21.8. The zero-order chi connectivity index (χ0) is 23.8. The Morgan fingerprint density at radius 2 is 2.03 bits per heavy atom. The van der Waals surface area contributed by atoms with Crippen LogP contribution in [-0.4, -0.2) is 37.3 Å². The van der Waals surface area contributed by atoms with Crippen molar-refractivity contribution < 1.29 is 4.74 Å². The molecule has 7 rings (SSSR count). The number of imidazole rings is 2. The van der Waals surface area contributed by atoms with Crippen LogP contribution in [0.15, 0.2) is 36.9 Å².